The lowest BCUT2D eigenvalue weighted by Gasteiger charge is -2.14. The Hall–Kier alpha value is -0.160. The molecule has 0 aromatic carbocycles. The number of nitrogens with zero attached hydrogens (tertiary/aromatic N) is 1. The lowest BCUT2D eigenvalue weighted by molar-refractivity contribution is -0.00461. The number of hydrogen-bond donors (Lipinski definition) is 1. The zero-order valence-corrected chi connectivity index (χ0v) is 9.45. The molecule has 0 bridgehead atoms. The van der Waals surface area contributed by atoms with Gasteiger partial charge in [0.05, 0.1) is 12.2 Å². The summed E-state index contributed by atoms with van der Waals surface area (Å²) in [5.74, 6) is 0. The molecule has 0 saturated carbocycles. The van der Waals surface area contributed by atoms with Gasteiger partial charge in [0.2, 0.25) is 0 Å². The summed E-state index contributed by atoms with van der Waals surface area (Å²) in [6.07, 6.45) is 0.475. The van der Waals surface area contributed by atoms with Crippen LogP contribution in [0, 0.1) is 0 Å². The molecule has 0 aliphatic carbocycles. The molecule has 1 aliphatic rings. The van der Waals surface area contributed by atoms with Crippen LogP contribution in [0.3, 0.4) is 0 Å². The topological polar surface area (TPSA) is 33.7 Å². The summed E-state index contributed by atoms with van der Waals surface area (Å²) in [6, 6.07) is 0. The van der Waals surface area contributed by atoms with Crippen LogP contribution in [0.4, 0.5) is 0 Å². The third-order valence-corrected chi connectivity index (χ3v) is 2.75. The van der Waals surface area contributed by atoms with E-state index in [1.54, 1.807) is 14.2 Å². The van der Waals surface area contributed by atoms with Crippen molar-refractivity contribution in [2.75, 3.05) is 46.9 Å². The molecule has 0 aromatic rings. The van der Waals surface area contributed by atoms with Crippen molar-refractivity contribution < 1.29 is 9.47 Å². The Kier molecular flexibility index (Phi) is 5.40. The SMILES string of the molecule is CCNCCN1CC(OC)C(OC)C1. The van der Waals surface area contributed by atoms with Gasteiger partial charge in [-0.15, -0.1) is 0 Å². The van der Waals surface area contributed by atoms with E-state index >= 15 is 0 Å². The van der Waals surface area contributed by atoms with Crippen molar-refractivity contribution in [2.24, 2.45) is 0 Å². The summed E-state index contributed by atoms with van der Waals surface area (Å²) in [5.41, 5.74) is 0. The van der Waals surface area contributed by atoms with Crippen molar-refractivity contribution >= 4 is 0 Å². The minimum Gasteiger partial charge on any atom is -0.377 e. The highest BCUT2D eigenvalue weighted by molar-refractivity contribution is 4.85. The van der Waals surface area contributed by atoms with Gasteiger partial charge in [-0.3, -0.25) is 4.90 Å². The Balaban J connectivity index is 2.23. The van der Waals surface area contributed by atoms with E-state index in [9.17, 15) is 0 Å². The van der Waals surface area contributed by atoms with Crippen molar-refractivity contribution in [1.82, 2.24) is 10.2 Å². The molecule has 1 fully saturated rings. The van der Waals surface area contributed by atoms with Gasteiger partial charge < -0.3 is 14.8 Å². The highest BCUT2D eigenvalue weighted by Crippen LogP contribution is 2.14. The zero-order chi connectivity index (χ0) is 10.4. The molecular weight excluding hydrogens is 180 g/mol. The van der Waals surface area contributed by atoms with Gasteiger partial charge in [-0.1, -0.05) is 6.92 Å². The van der Waals surface area contributed by atoms with Crippen molar-refractivity contribution in [3.05, 3.63) is 0 Å². The highest BCUT2D eigenvalue weighted by Gasteiger charge is 2.32. The molecule has 1 saturated heterocycles. The summed E-state index contributed by atoms with van der Waals surface area (Å²) in [4.78, 5) is 2.38. The van der Waals surface area contributed by atoms with Crippen molar-refractivity contribution in [2.45, 2.75) is 19.1 Å². The van der Waals surface area contributed by atoms with Gasteiger partial charge in [0, 0.05) is 40.4 Å². The molecule has 14 heavy (non-hydrogen) atoms. The van der Waals surface area contributed by atoms with E-state index in [-0.39, 0.29) is 12.2 Å². The molecule has 2 atom stereocenters. The van der Waals surface area contributed by atoms with E-state index in [1.165, 1.54) is 0 Å². The average molecular weight is 202 g/mol. The van der Waals surface area contributed by atoms with Crippen molar-refractivity contribution in [1.29, 1.82) is 0 Å². The standard InChI is InChI=1S/C10H22N2O2/c1-4-11-5-6-12-7-9(13-2)10(8-12)14-3/h9-11H,4-8H2,1-3H3. The smallest absolute Gasteiger partial charge is 0.0971 e. The van der Waals surface area contributed by atoms with E-state index in [4.69, 9.17) is 9.47 Å². The van der Waals surface area contributed by atoms with Gasteiger partial charge in [-0.25, -0.2) is 0 Å². The second-order valence-electron chi connectivity index (χ2n) is 3.66. The van der Waals surface area contributed by atoms with Crippen LogP contribution in [0.1, 0.15) is 6.92 Å². The molecule has 1 N–H and O–H groups in total. The molecule has 0 radical (unpaired) electrons. The van der Waals surface area contributed by atoms with Gasteiger partial charge in [0.1, 0.15) is 0 Å². The molecule has 0 amide bonds. The summed E-state index contributed by atoms with van der Waals surface area (Å²) in [5, 5.41) is 3.32. The third kappa shape index (κ3) is 3.20. The summed E-state index contributed by atoms with van der Waals surface area (Å²) >= 11 is 0. The molecule has 0 aromatic heterocycles. The number of likely N-dealkylation sites (tertiary alicyclic amines) is 1. The fraction of sp³-hybridized carbons (Fsp3) is 1.00. The zero-order valence-electron chi connectivity index (χ0n) is 9.45. The van der Waals surface area contributed by atoms with E-state index in [1.807, 2.05) is 0 Å². The maximum atomic E-state index is 5.36. The first-order valence-electron chi connectivity index (χ1n) is 5.30. The number of nitrogens with one attached hydrogen (secondary N) is 1. The summed E-state index contributed by atoms with van der Waals surface area (Å²) in [7, 11) is 3.51. The Morgan fingerprint density at radius 3 is 2.21 bits per heavy atom. The van der Waals surface area contributed by atoms with Crippen LogP contribution >= 0.6 is 0 Å². The molecule has 1 heterocycles. The largest absolute Gasteiger partial charge is 0.377 e. The van der Waals surface area contributed by atoms with Crippen LogP contribution in [0.5, 0.6) is 0 Å². The molecule has 2 unspecified atom stereocenters. The fourth-order valence-corrected chi connectivity index (χ4v) is 1.87. The predicted molar refractivity (Wildman–Crippen MR) is 56.6 cm³/mol. The maximum Gasteiger partial charge on any atom is 0.0971 e. The minimum absolute atomic E-state index is 0.238. The maximum absolute atomic E-state index is 5.36. The molecular formula is C10H22N2O2. The van der Waals surface area contributed by atoms with Crippen LogP contribution in [0.15, 0.2) is 0 Å². The Morgan fingerprint density at radius 1 is 1.21 bits per heavy atom. The predicted octanol–water partition coefficient (Wildman–Crippen LogP) is -0.0585. The quantitative estimate of drug-likeness (QED) is 0.612. The average Bonchev–Trinajstić information content (AvgIpc) is 2.61. The first kappa shape index (κ1) is 11.9. The number of hydrogen-bond acceptors (Lipinski definition) is 4. The van der Waals surface area contributed by atoms with E-state index < -0.39 is 0 Å². The summed E-state index contributed by atoms with van der Waals surface area (Å²) in [6.45, 7) is 7.26. The molecule has 4 nitrogen and oxygen atoms in total. The molecule has 1 aliphatic heterocycles. The van der Waals surface area contributed by atoms with Crippen molar-refractivity contribution in [3.8, 4) is 0 Å². The van der Waals surface area contributed by atoms with E-state index in [0.717, 1.165) is 32.7 Å². The molecule has 4 heteroatoms. The Morgan fingerprint density at radius 2 is 1.79 bits per heavy atom. The number of ether oxygens (including phenoxy) is 2. The van der Waals surface area contributed by atoms with Crippen LogP contribution in [0.25, 0.3) is 0 Å². The number of likely N-dealkylation sites (N-methyl/N-ethyl adjacent to an activating group) is 1. The first-order valence-corrected chi connectivity index (χ1v) is 5.30. The molecule has 0 spiro atoms. The fourth-order valence-electron chi connectivity index (χ4n) is 1.87. The first-order chi connectivity index (χ1) is 6.81. The second kappa shape index (κ2) is 6.35. The Bertz CT molecular complexity index is 143. The normalized spacial score (nSPS) is 28.5. The minimum atomic E-state index is 0.238. The van der Waals surface area contributed by atoms with Crippen LogP contribution in [0.2, 0.25) is 0 Å². The van der Waals surface area contributed by atoms with Gasteiger partial charge in [0.15, 0.2) is 0 Å². The van der Waals surface area contributed by atoms with Gasteiger partial charge in [-0.05, 0) is 6.54 Å². The molecule has 1 rings (SSSR count). The van der Waals surface area contributed by atoms with E-state index in [0.29, 0.717) is 0 Å². The number of rotatable bonds is 6. The van der Waals surface area contributed by atoms with Crippen LogP contribution < -0.4 is 5.32 Å². The summed E-state index contributed by atoms with van der Waals surface area (Å²) < 4.78 is 10.7. The van der Waals surface area contributed by atoms with Gasteiger partial charge in [-0.2, -0.15) is 0 Å². The second-order valence-corrected chi connectivity index (χ2v) is 3.66. The van der Waals surface area contributed by atoms with Crippen molar-refractivity contribution in [3.63, 3.8) is 0 Å². The lowest BCUT2D eigenvalue weighted by Crippen LogP contribution is -2.31. The third-order valence-electron chi connectivity index (χ3n) is 2.75. The highest BCUT2D eigenvalue weighted by atomic mass is 16.5. The lowest BCUT2D eigenvalue weighted by atomic mass is 10.3. The van der Waals surface area contributed by atoms with Crippen LogP contribution in [-0.4, -0.2) is 64.1 Å². The van der Waals surface area contributed by atoms with Gasteiger partial charge >= 0.3 is 0 Å². The van der Waals surface area contributed by atoms with E-state index in [2.05, 4.69) is 17.1 Å². The monoisotopic (exact) mass is 202 g/mol. The van der Waals surface area contributed by atoms with Crippen LogP contribution in [-0.2, 0) is 9.47 Å². The van der Waals surface area contributed by atoms with Gasteiger partial charge in [0.25, 0.3) is 0 Å². The molecule has 84 valence electrons. The Labute approximate surface area is 86.6 Å². The number of methoxy groups -OCH3 is 2.